The van der Waals surface area contributed by atoms with Gasteiger partial charge in [0.05, 0.1) is 19.3 Å². The Bertz CT molecular complexity index is 865. The number of aryl methyl sites for hydroxylation is 1. The molecular formula is C41H77N3O5. The van der Waals surface area contributed by atoms with Gasteiger partial charge < -0.3 is 19.5 Å². The van der Waals surface area contributed by atoms with Crippen molar-refractivity contribution in [1.82, 2.24) is 14.7 Å². The van der Waals surface area contributed by atoms with Gasteiger partial charge in [-0.1, -0.05) is 110 Å². The van der Waals surface area contributed by atoms with Gasteiger partial charge in [-0.3, -0.25) is 14.3 Å². The second kappa shape index (κ2) is 33.2. The zero-order chi connectivity index (χ0) is 35.6. The molecule has 0 saturated heterocycles. The average Bonchev–Trinajstić information content (AvgIpc) is 3.61. The van der Waals surface area contributed by atoms with Gasteiger partial charge in [0.2, 0.25) is 0 Å². The van der Waals surface area contributed by atoms with Crippen molar-refractivity contribution in [3.8, 4) is 0 Å². The first kappa shape index (κ1) is 45.1. The Morgan fingerprint density at radius 1 is 0.673 bits per heavy atom. The Hall–Kier alpha value is -1.93. The molecule has 8 nitrogen and oxygen atoms in total. The summed E-state index contributed by atoms with van der Waals surface area (Å²) in [5.41, 5.74) is 0. The monoisotopic (exact) mass is 692 g/mol. The van der Waals surface area contributed by atoms with Gasteiger partial charge in [0.1, 0.15) is 0 Å². The quantitative estimate of drug-likeness (QED) is 0.0553. The number of ether oxygens (including phenoxy) is 2. The number of unbranched alkanes of at least 4 members (excludes halogenated alkanes) is 17. The van der Waals surface area contributed by atoms with Gasteiger partial charge in [-0.05, 0) is 83.4 Å². The van der Waals surface area contributed by atoms with Crippen LogP contribution in [0.15, 0.2) is 18.5 Å². The Labute approximate surface area is 301 Å². The Morgan fingerprint density at radius 3 is 1.69 bits per heavy atom. The standard InChI is InChI=1S/C41H77N3O5/c1-4-6-8-10-12-14-16-20-29-40(46)48-35-23-18-19-28-39(45)38(37-43(3)32-26-34-44-33-25-31-42-44)27-22-24-36-49-41(47)30-21-17-15-13-11-9-7-5-2/h25,31,33,38-39,45H,4-24,26-30,32,34-37H2,1-3H3. The second-order valence-corrected chi connectivity index (χ2v) is 14.4. The molecule has 2 unspecified atom stereocenters. The van der Waals surface area contributed by atoms with Crippen LogP contribution in [0.5, 0.6) is 0 Å². The number of nitrogens with zero attached hydrogens (tertiary/aromatic N) is 3. The minimum Gasteiger partial charge on any atom is -0.466 e. The predicted molar refractivity (Wildman–Crippen MR) is 203 cm³/mol. The zero-order valence-corrected chi connectivity index (χ0v) is 32.2. The fourth-order valence-corrected chi connectivity index (χ4v) is 6.53. The van der Waals surface area contributed by atoms with E-state index in [0.717, 1.165) is 96.7 Å². The van der Waals surface area contributed by atoms with Gasteiger partial charge >= 0.3 is 11.9 Å². The molecule has 0 aliphatic rings. The molecule has 2 atom stereocenters. The summed E-state index contributed by atoms with van der Waals surface area (Å²) in [6.45, 7) is 8.10. The summed E-state index contributed by atoms with van der Waals surface area (Å²) >= 11 is 0. The summed E-state index contributed by atoms with van der Waals surface area (Å²) in [4.78, 5) is 26.6. The number of aliphatic hydroxyl groups is 1. The molecule has 1 N–H and O–H groups in total. The highest BCUT2D eigenvalue weighted by atomic mass is 16.5. The fourth-order valence-electron chi connectivity index (χ4n) is 6.53. The molecule has 1 aromatic rings. The SMILES string of the molecule is CCCCCCCCCCC(=O)OCCCCCC(O)C(CCCCOC(=O)CCCCCCCCCC)CN(C)CCCn1cccn1. The first-order chi connectivity index (χ1) is 24.0. The lowest BCUT2D eigenvalue weighted by Gasteiger charge is -2.28. The highest BCUT2D eigenvalue weighted by Crippen LogP contribution is 2.20. The van der Waals surface area contributed by atoms with Crippen LogP contribution < -0.4 is 0 Å². The average molecular weight is 692 g/mol. The number of hydrogen-bond acceptors (Lipinski definition) is 7. The van der Waals surface area contributed by atoms with E-state index in [1.54, 1.807) is 0 Å². The molecule has 0 fully saturated rings. The van der Waals surface area contributed by atoms with Crippen LogP contribution in [0.1, 0.15) is 181 Å². The van der Waals surface area contributed by atoms with Crippen LogP contribution in [0.3, 0.4) is 0 Å². The molecule has 0 spiro atoms. The molecular weight excluding hydrogens is 614 g/mol. The normalized spacial score (nSPS) is 12.8. The molecule has 0 saturated carbocycles. The van der Waals surface area contributed by atoms with Crippen LogP contribution >= 0.6 is 0 Å². The molecule has 0 aliphatic carbocycles. The maximum absolute atomic E-state index is 12.2. The van der Waals surface area contributed by atoms with E-state index in [-0.39, 0.29) is 24.0 Å². The predicted octanol–water partition coefficient (Wildman–Crippen LogP) is 10.1. The third-order valence-corrected chi connectivity index (χ3v) is 9.69. The number of carbonyl (C=O) groups is 2. The molecule has 0 bridgehead atoms. The number of aliphatic hydroxyl groups excluding tert-OH is 1. The van der Waals surface area contributed by atoms with Crippen LogP contribution in [-0.2, 0) is 25.6 Å². The lowest BCUT2D eigenvalue weighted by atomic mass is 9.91. The van der Waals surface area contributed by atoms with E-state index in [9.17, 15) is 14.7 Å². The highest BCUT2D eigenvalue weighted by Gasteiger charge is 2.20. The Kier molecular flexibility index (Phi) is 30.6. The topological polar surface area (TPSA) is 93.9 Å². The van der Waals surface area contributed by atoms with Gasteiger partial charge in [-0.2, -0.15) is 5.10 Å². The van der Waals surface area contributed by atoms with Crippen molar-refractivity contribution in [3.05, 3.63) is 18.5 Å². The van der Waals surface area contributed by atoms with Crippen LogP contribution in [0.25, 0.3) is 0 Å². The fraction of sp³-hybridized carbons (Fsp3) is 0.878. The number of aromatic nitrogens is 2. The summed E-state index contributed by atoms with van der Waals surface area (Å²) in [6, 6.07) is 1.95. The van der Waals surface area contributed by atoms with Crippen LogP contribution in [0.2, 0.25) is 0 Å². The molecule has 286 valence electrons. The zero-order valence-electron chi connectivity index (χ0n) is 32.2. The lowest BCUT2D eigenvalue weighted by Crippen LogP contribution is -2.34. The molecule has 1 rings (SSSR count). The first-order valence-corrected chi connectivity index (χ1v) is 20.6. The van der Waals surface area contributed by atoms with Crippen molar-refractivity contribution in [2.24, 2.45) is 5.92 Å². The molecule has 0 aromatic carbocycles. The first-order valence-electron chi connectivity index (χ1n) is 20.6. The van der Waals surface area contributed by atoms with Gasteiger partial charge in [0.15, 0.2) is 0 Å². The van der Waals surface area contributed by atoms with Crippen LogP contribution in [0, 0.1) is 5.92 Å². The summed E-state index contributed by atoms with van der Waals surface area (Å²) in [6.07, 6.45) is 31.2. The molecule has 0 amide bonds. The maximum Gasteiger partial charge on any atom is 0.305 e. The summed E-state index contributed by atoms with van der Waals surface area (Å²) in [5, 5.41) is 15.5. The third kappa shape index (κ3) is 28.5. The van der Waals surface area contributed by atoms with Crippen molar-refractivity contribution in [2.75, 3.05) is 33.4 Å². The minimum atomic E-state index is -0.373. The van der Waals surface area contributed by atoms with Crippen molar-refractivity contribution in [2.45, 2.75) is 193 Å². The van der Waals surface area contributed by atoms with Crippen LogP contribution in [0.4, 0.5) is 0 Å². The van der Waals surface area contributed by atoms with E-state index >= 15 is 0 Å². The summed E-state index contributed by atoms with van der Waals surface area (Å²) in [5.74, 6) is 0.0334. The van der Waals surface area contributed by atoms with Crippen molar-refractivity contribution >= 4 is 11.9 Å². The highest BCUT2D eigenvalue weighted by molar-refractivity contribution is 5.69. The van der Waals surface area contributed by atoms with E-state index in [1.807, 2.05) is 23.1 Å². The Balaban J connectivity index is 2.27. The number of hydrogen-bond donors (Lipinski definition) is 1. The molecule has 49 heavy (non-hydrogen) atoms. The summed E-state index contributed by atoms with van der Waals surface area (Å²) < 4.78 is 13.0. The molecule has 0 aliphatic heterocycles. The maximum atomic E-state index is 12.2. The lowest BCUT2D eigenvalue weighted by molar-refractivity contribution is -0.144. The van der Waals surface area contributed by atoms with Crippen molar-refractivity contribution in [1.29, 1.82) is 0 Å². The largest absolute Gasteiger partial charge is 0.466 e. The molecule has 8 heteroatoms. The van der Waals surface area contributed by atoms with Gasteiger partial charge in [0, 0.05) is 38.3 Å². The number of esters is 2. The minimum absolute atomic E-state index is 0.0690. The molecule has 1 heterocycles. The van der Waals surface area contributed by atoms with Crippen molar-refractivity contribution < 1.29 is 24.2 Å². The van der Waals surface area contributed by atoms with Gasteiger partial charge in [0.25, 0.3) is 0 Å². The number of rotatable bonds is 36. The molecule has 1 aromatic heterocycles. The van der Waals surface area contributed by atoms with E-state index in [4.69, 9.17) is 9.47 Å². The third-order valence-electron chi connectivity index (χ3n) is 9.69. The van der Waals surface area contributed by atoms with E-state index in [2.05, 4.69) is 30.9 Å². The van der Waals surface area contributed by atoms with Crippen molar-refractivity contribution in [3.63, 3.8) is 0 Å². The van der Waals surface area contributed by atoms with Gasteiger partial charge in [-0.25, -0.2) is 0 Å². The van der Waals surface area contributed by atoms with E-state index in [0.29, 0.717) is 26.1 Å². The Morgan fingerprint density at radius 2 is 1.16 bits per heavy atom. The molecule has 0 radical (unpaired) electrons. The van der Waals surface area contributed by atoms with E-state index in [1.165, 1.54) is 77.0 Å². The number of carbonyl (C=O) groups excluding carboxylic acids is 2. The van der Waals surface area contributed by atoms with E-state index < -0.39 is 0 Å². The second-order valence-electron chi connectivity index (χ2n) is 14.4. The van der Waals surface area contributed by atoms with Crippen LogP contribution in [-0.4, -0.2) is 71.2 Å². The summed E-state index contributed by atoms with van der Waals surface area (Å²) in [7, 11) is 2.14. The van der Waals surface area contributed by atoms with Gasteiger partial charge in [-0.15, -0.1) is 0 Å². The smallest absolute Gasteiger partial charge is 0.305 e.